The number of aromatic nitrogens is 1. The summed E-state index contributed by atoms with van der Waals surface area (Å²) >= 11 is 5.37. The number of rotatable bonds is 0. The second-order valence-corrected chi connectivity index (χ2v) is 3.73. The first-order valence-corrected chi connectivity index (χ1v) is 4.34. The number of fused-ring (bicyclic) bond motifs is 1. The van der Waals surface area contributed by atoms with Crippen LogP contribution in [0.3, 0.4) is 0 Å². The molecule has 0 aliphatic rings. The Hall–Kier alpha value is -0.740. The van der Waals surface area contributed by atoms with Crippen LogP contribution >= 0.6 is 24.0 Å². The van der Waals surface area contributed by atoms with Gasteiger partial charge in [-0.25, -0.2) is 0 Å². The Kier molecular flexibility index (Phi) is 1.51. The van der Waals surface area contributed by atoms with Crippen molar-refractivity contribution in [2.24, 2.45) is 0 Å². The Labute approximate surface area is 72.3 Å². The summed E-state index contributed by atoms with van der Waals surface area (Å²) in [5.41, 5.74) is 0.868. The van der Waals surface area contributed by atoms with Gasteiger partial charge in [0.05, 0.1) is 10.2 Å². The first-order chi connectivity index (χ1) is 5.25. The van der Waals surface area contributed by atoms with E-state index < -0.39 is 0 Å². The van der Waals surface area contributed by atoms with Gasteiger partial charge in [0.2, 0.25) is 0 Å². The topological polar surface area (TPSA) is 32.9 Å². The van der Waals surface area contributed by atoms with Crippen molar-refractivity contribution in [2.75, 3.05) is 0 Å². The molecule has 0 amide bonds. The Morgan fingerprint density at radius 1 is 1.45 bits per heavy atom. The van der Waals surface area contributed by atoms with Crippen LogP contribution in [0.25, 0.3) is 10.2 Å². The van der Waals surface area contributed by atoms with Crippen molar-refractivity contribution in [1.82, 2.24) is 4.98 Å². The zero-order valence-corrected chi connectivity index (χ0v) is 7.21. The highest BCUT2D eigenvalue weighted by Gasteiger charge is 1.97. The van der Waals surface area contributed by atoms with E-state index in [-0.39, 0.29) is 4.87 Å². The van der Waals surface area contributed by atoms with Gasteiger partial charge in [-0.15, -0.1) is 12.6 Å². The van der Waals surface area contributed by atoms with Crippen molar-refractivity contribution in [1.29, 1.82) is 0 Å². The summed E-state index contributed by atoms with van der Waals surface area (Å²) < 4.78 is 0.979. The highest BCUT2D eigenvalue weighted by molar-refractivity contribution is 7.80. The average molecular weight is 183 g/mol. The van der Waals surface area contributed by atoms with Gasteiger partial charge >= 0.3 is 4.87 Å². The van der Waals surface area contributed by atoms with Crippen molar-refractivity contribution in [3.05, 3.63) is 27.9 Å². The Balaban J connectivity index is 2.92. The molecule has 0 bridgehead atoms. The number of nitrogens with one attached hydrogen (secondary N) is 1. The lowest BCUT2D eigenvalue weighted by Gasteiger charge is -1.88. The van der Waals surface area contributed by atoms with Crippen LogP contribution in [0, 0.1) is 0 Å². The Morgan fingerprint density at radius 2 is 2.27 bits per heavy atom. The number of thiol groups is 1. The second kappa shape index (κ2) is 2.39. The van der Waals surface area contributed by atoms with Crippen LogP contribution in [0.2, 0.25) is 0 Å². The van der Waals surface area contributed by atoms with Crippen LogP contribution in [0.15, 0.2) is 27.9 Å². The van der Waals surface area contributed by atoms with Crippen LogP contribution in [-0.4, -0.2) is 4.98 Å². The van der Waals surface area contributed by atoms with Crippen molar-refractivity contribution in [3.63, 3.8) is 0 Å². The van der Waals surface area contributed by atoms with E-state index in [1.165, 1.54) is 11.3 Å². The molecule has 0 fully saturated rings. The first-order valence-electron chi connectivity index (χ1n) is 3.07. The van der Waals surface area contributed by atoms with Gasteiger partial charge in [-0.05, 0) is 18.2 Å². The highest BCUT2D eigenvalue weighted by Crippen LogP contribution is 2.17. The highest BCUT2D eigenvalue weighted by atomic mass is 32.1. The third kappa shape index (κ3) is 1.19. The van der Waals surface area contributed by atoms with E-state index >= 15 is 0 Å². The van der Waals surface area contributed by atoms with E-state index in [0.29, 0.717) is 0 Å². The van der Waals surface area contributed by atoms with Crippen molar-refractivity contribution < 1.29 is 0 Å². The molecular formula is C7H5NOS2. The first kappa shape index (κ1) is 6.94. The van der Waals surface area contributed by atoms with Crippen molar-refractivity contribution in [3.8, 4) is 0 Å². The smallest absolute Gasteiger partial charge is 0.305 e. The Bertz CT molecular complexity index is 443. The summed E-state index contributed by atoms with van der Waals surface area (Å²) in [5, 5.41) is 0. The molecule has 1 heterocycles. The van der Waals surface area contributed by atoms with Crippen LogP contribution in [0.4, 0.5) is 0 Å². The summed E-state index contributed by atoms with van der Waals surface area (Å²) in [6, 6.07) is 5.60. The lowest BCUT2D eigenvalue weighted by Crippen LogP contribution is -1.89. The molecule has 1 aromatic heterocycles. The fraction of sp³-hybridized carbons (Fsp3) is 0. The number of aromatic amines is 1. The molecule has 2 nitrogen and oxygen atoms in total. The molecule has 0 radical (unpaired) electrons. The van der Waals surface area contributed by atoms with Gasteiger partial charge < -0.3 is 4.98 Å². The minimum atomic E-state index is -0.0149. The molecule has 2 rings (SSSR count). The number of benzene rings is 1. The monoisotopic (exact) mass is 183 g/mol. The minimum absolute atomic E-state index is 0.0149. The van der Waals surface area contributed by atoms with E-state index in [0.717, 1.165) is 15.1 Å². The molecule has 4 heteroatoms. The van der Waals surface area contributed by atoms with Crippen LogP contribution in [0.1, 0.15) is 0 Å². The molecule has 0 spiro atoms. The number of hydrogen-bond acceptors (Lipinski definition) is 3. The molecule has 0 aliphatic carbocycles. The third-order valence-electron chi connectivity index (χ3n) is 1.40. The fourth-order valence-corrected chi connectivity index (χ4v) is 1.86. The molecule has 0 unspecified atom stereocenters. The van der Waals surface area contributed by atoms with Gasteiger partial charge in [0.15, 0.2) is 0 Å². The number of hydrogen-bond donors (Lipinski definition) is 2. The van der Waals surface area contributed by atoms with Gasteiger partial charge in [0, 0.05) is 4.90 Å². The maximum atomic E-state index is 10.8. The molecule has 0 saturated carbocycles. The zero-order valence-electron chi connectivity index (χ0n) is 5.50. The quantitative estimate of drug-likeness (QED) is 0.601. The van der Waals surface area contributed by atoms with Gasteiger partial charge in [0.1, 0.15) is 0 Å². The van der Waals surface area contributed by atoms with E-state index in [9.17, 15) is 4.79 Å². The number of thiazole rings is 1. The average Bonchev–Trinajstić information content (AvgIpc) is 2.27. The van der Waals surface area contributed by atoms with Crippen molar-refractivity contribution in [2.45, 2.75) is 4.90 Å². The van der Waals surface area contributed by atoms with Crippen LogP contribution in [0.5, 0.6) is 0 Å². The third-order valence-corrected chi connectivity index (χ3v) is 2.54. The summed E-state index contributed by atoms with van der Waals surface area (Å²) in [6.07, 6.45) is 0. The molecule has 2 aromatic rings. The number of H-pyrrole nitrogens is 1. The molecule has 11 heavy (non-hydrogen) atoms. The second-order valence-electron chi connectivity index (χ2n) is 2.19. The molecule has 0 aliphatic heterocycles. The van der Waals surface area contributed by atoms with Crippen LogP contribution in [-0.2, 0) is 0 Å². The van der Waals surface area contributed by atoms with Gasteiger partial charge in [-0.3, -0.25) is 4.79 Å². The fourth-order valence-electron chi connectivity index (χ4n) is 0.940. The summed E-state index contributed by atoms with van der Waals surface area (Å²) in [5.74, 6) is 0. The molecule has 0 atom stereocenters. The van der Waals surface area contributed by atoms with E-state index in [2.05, 4.69) is 17.6 Å². The van der Waals surface area contributed by atoms with Gasteiger partial charge in [-0.1, -0.05) is 11.3 Å². The summed E-state index contributed by atoms with van der Waals surface area (Å²) in [4.78, 5) is 14.4. The standard InChI is InChI=1S/C7H5NOS2/c9-7-8-5-3-4(10)1-2-6(5)11-7/h1-3,10H,(H,8,9). The maximum absolute atomic E-state index is 10.8. The summed E-state index contributed by atoms with van der Waals surface area (Å²) in [7, 11) is 0. The largest absolute Gasteiger partial charge is 0.312 e. The van der Waals surface area contributed by atoms with Crippen molar-refractivity contribution >= 4 is 34.2 Å². The minimum Gasteiger partial charge on any atom is -0.312 e. The molecule has 1 aromatic carbocycles. The summed E-state index contributed by atoms with van der Waals surface area (Å²) in [6.45, 7) is 0. The van der Waals surface area contributed by atoms with E-state index in [1.807, 2.05) is 18.2 Å². The van der Waals surface area contributed by atoms with E-state index in [1.54, 1.807) is 0 Å². The van der Waals surface area contributed by atoms with E-state index in [4.69, 9.17) is 0 Å². The Morgan fingerprint density at radius 3 is 3.09 bits per heavy atom. The lowest BCUT2D eigenvalue weighted by molar-refractivity contribution is 1.38. The predicted octanol–water partition coefficient (Wildman–Crippen LogP) is 1.88. The van der Waals surface area contributed by atoms with Gasteiger partial charge in [-0.2, -0.15) is 0 Å². The SMILES string of the molecule is O=c1[nH]c2cc(S)ccc2s1. The zero-order chi connectivity index (χ0) is 7.84. The molecule has 0 saturated heterocycles. The molecule has 56 valence electrons. The lowest BCUT2D eigenvalue weighted by atomic mass is 10.3. The normalized spacial score (nSPS) is 10.6. The van der Waals surface area contributed by atoms with Gasteiger partial charge in [0.25, 0.3) is 0 Å². The molecular weight excluding hydrogens is 178 g/mol. The maximum Gasteiger partial charge on any atom is 0.305 e. The molecule has 1 N–H and O–H groups in total. The predicted molar refractivity (Wildman–Crippen MR) is 49.7 cm³/mol. The van der Waals surface area contributed by atoms with Crippen LogP contribution < -0.4 is 4.87 Å².